The molecule has 0 bridgehead atoms. The van der Waals surface area contributed by atoms with Crippen molar-refractivity contribution in [2.45, 2.75) is 49.0 Å². The van der Waals surface area contributed by atoms with Crippen molar-refractivity contribution in [3.05, 3.63) is 36.0 Å². The van der Waals surface area contributed by atoms with E-state index in [4.69, 9.17) is 13.4 Å². The monoisotopic (exact) mass is 331 g/mol. The lowest BCUT2D eigenvalue weighted by atomic mass is 9.89. The predicted octanol–water partition coefficient (Wildman–Crippen LogP) is 4.66. The van der Waals surface area contributed by atoms with E-state index in [2.05, 4.69) is 15.4 Å². The first-order valence-electron chi connectivity index (χ1n) is 7.84. The number of aromatic nitrogens is 3. The lowest BCUT2D eigenvalue weighted by Crippen LogP contribution is -2.04. The second-order valence-corrected chi connectivity index (χ2v) is 6.62. The van der Waals surface area contributed by atoms with Gasteiger partial charge < -0.3 is 13.4 Å². The van der Waals surface area contributed by atoms with Gasteiger partial charge in [0.1, 0.15) is 0 Å². The molecule has 1 fully saturated rings. The van der Waals surface area contributed by atoms with Crippen molar-refractivity contribution in [3.8, 4) is 11.5 Å². The molecule has 4 rings (SSSR count). The molecule has 120 valence electrons. The number of hydrogen-bond donors (Lipinski definition) is 0. The van der Waals surface area contributed by atoms with E-state index in [0.29, 0.717) is 28.4 Å². The average molecular weight is 331 g/mol. The van der Waals surface area contributed by atoms with Crippen LogP contribution in [0, 0.1) is 0 Å². The summed E-state index contributed by atoms with van der Waals surface area (Å²) in [5, 5.41) is 13.0. The van der Waals surface area contributed by atoms with Crippen molar-refractivity contribution in [3.63, 3.8) is 0 Å². The van der Waals surface area contributed by atoms with Crippen LogP contribution in [-0.2, 0) is 5.75 Å². The number of nitrogens with zero attached hydrogens (tertiary/aromatic N) is 3. The molecule has 1 aliphatic carbocycles. The fourth-order valence-corrected chi connectivity index (χ4v) is 3.49. The van der Waals surface area contributed by atoms with Crippen molar-refractivity contribution in [1.29, 1.82) is 0 Å². The summed E-state index contributed by atoms with van der Waals surface area (Å²) in [6.07, 6.45) is 7.74. The number of hydrogen-bond acceptors (Lipinski definition) is 7. The van der Waals surface area contributed by atoms with Gasteiger partial charge in [0.05, 0.1) is 12.0 Å². The van der Waals surface area contributed by atoms with Crippen LogP contribution in [0.3, 0.4) is 0 Å². The largest absolute Gasteiger partial charge is 0.461 e. The Morgan fingerprint density at radius 1 is 1.13 bits per heavy atom. The lowest BCUT2D eigenvalue weighted by Gasteiger charge is -2.17. The maximum Gasteiger partial charge on any atom is 0.276 e. The molecule has 6 nitrogen and oxygen atoms in total. The van der Waals surface area contributed by atoms with E-state index in [1.807, 2.05) is 18.2 Å². The maximum atomic E-state index is 5.79. The van der Waals surface area contributed by atoms with Crippen LogP contribution in [0.4, 0.5) is 0 Å². The summed E-state index contributed by atoms with van der Waals surface area (Å²) in [5.41, 5.74) is 0.818. The molecule has 0 atom stereocenters. The maximum absolute atomic E-state index is 5.79. The van der Waals surface area contributed by atoms with Gasteiger partial charge in [-0.3, -0.25) is 0 Å². The van der Waals surface area contributed by atoms with Crippen LogP contribution in [0.25, 0.3) is 11.5 Å². The molecule has 3 aromatic heterocycles. The topological polar surface area (TPSA) is 78.1 Å². The van der Waals surface area contributed by atoms with Gasteiger partial charge in [0.2, 0.25) is 11.7 Å². The van der Waals surface area contributed by atoms with Crippen LogP contribution >= 0.6 is 11.8 Å². The van der Waals surface area contributed by atoms with E-state index in [1.54, 1.807) is 6.26 Å². The molecule has 0 spiro atoms. The predicted molar refractivity (Wildman–Crippen MR) is 83.9 cm³/mol. The van der Waals surface area contributed by atoms with Crippen LogP contribution in [-0.4, -0.2) is 15.4 Å². The van der Waals surface area contributed by atoms with Gasteiger partial charge in [-0.15, -0.1) is 10.2 Å². The SMILES string of the molecule is c1coc(-c2cc(CSc3nnc(C4CCCCC4)o3)no2)c1. The van der Waals surface area contributed by atoms with E-state index >= 15 is 0 Å². The number of thioether (sulfide) groups is 1. The molecule has 3 aromatic rings. The molecular weight excluding hydrogens is 314 g/mol. The quantitative estimate of drug-likeness (QED) is 0.629. The second-order valence-electron chi connectivity index (χ2n) is 5.69. The van der Waals surface area contributed by atoms with Crippen LogP contribution < -0.4 is 0 Å². The smallest absolute Gasteiger partial charge is 0.276 e. The van der Waals surface area contributed by atoms with E-state index in [-0.39, 0.29) is 0 Å². The highest BCUT2D eigenvalue weighted by molar-refractivity contribution is 7.98. The average Bonchev–Trinajstić information content (AvgIpc) is 3.33. The van der Waals surface area contributed by atoms with Crippen LogP contribution in [0.15, 0.2) is 43.0 Å². The van der Waals surface area contributed by atoms with Crippen molar-refractivity contribution >= 4 is 11.8 Å². The highest BCUT2D eigenvalue weighted by Gasteiger charge is 2.21. The van der Waals surface area contributed by atoms with Crippen molar-refractivity contribution in [2.24, 2.45) is 0 Å². The Morgan fingerprint density at radius 2 is 2.04 bits per heavy atom. The molecule has 0 N–H and O–H groups in total. The van der Waals surface area contributed by atoms with Crippen molar-refractivity contribution < 1.29 is 13.4 Å². The summed E-state index contributed by atoms with van der Waals surface area (Å²) in [5.74, 6) is 3.13. The van der Waals surface area contributed by atoms with E-state index in [1.165, 1.54) is 31.0 Å². The molecule has 1 saturated carbocycles. The third kappa shape index (κ3) is 3.34. The normalized spacial score (nSPS) is 16.0. The minimum Gasteiger partial charge on any atom is -0.461 e. The summed E-state index contributed by atoms with van der Waals surface area (Å²) >= 11 is 1.48. The van der Waals surface area contributed by atoms with Crippen molar-refractivity contribution in [2.75, 3.05) is 0 Å². The molecule has 0 radical (unpaired) electrons. The molecule has 7 heteroatoms. The standard InChI is InChI=1S/C16H17N3O3S/c1-2-5-11(6-3-1)15-17-18-16(21-15)23-10-12-9-14(22-19-12)13-7-4-8-20-13/h4,7-9,11H,1-3,5-6,10H2. The van der Waals surface area contributed by atoms with Crippen LogP contribution in [0.1, 0.15) is 49.6 Å². The zero-order valence-corrected chi connectivity index (χ0v) is 13.4. The molecule has 0 amide bonds. The molecule has 0 saturated heterocycles. The van der Waals surface area contributed by atoms with Crippen LogP contribution in [0.2, 0.25) is 0 Å². The van der Waals surface area contributed by atoms with Gasteiger partial charge in [0.15, 0.2) is 5.76 Å². The zero-order valence-electron chi connectivity index (χ0n) is 12.6. The Kier molecular flexibility index (Phi) is 4.19. The fraction of sp³-hybridized carbons (Fsp3) is 0.438. The van der Waals surface area contributed by atoms with Gasteiger partial charge in [0.25, 0.3) is 5.22 Å². The first-order valence-corrected chi connectivity index (χ1v) is 8.83. The molecule has 0 aliphatic heterocycles. The highest BCUT2D eigenvalue weighted by Crippen LogP contribution is 2.33. The Hall–Kier alpha value is -2.02. The third-order valence-corrected chi connectivity index (χ3v) is 4.90. The van der Waals surface area contributed by atoms with Gasteiger partial charge in [-0.1, -0.05) is 36.2 Å². The molecule has 23 heavy (non-hydrogen) atoms. The number of furan rings is 1. The van der Waals surface area contributed by atoms with Gasteiger partial charge in [0, 0.05) is 17.7 Å². The van der Waals surface area contributed by atoms with Gasteiger partial charge in [-0.05, 0) is 25.0 Å². The summed E-state index contributed by atoms with van der Waals surface area (Å²) < 4.78 is 16.3. The van der Waals surface area contributed by atoms with Crippen LogP contribution in [0.5, 0.6) is 0 Å². The minimum atomic E-state index is 0.434. The van der Waals surface area contributed by atoms with Crippen molar-refractivity contribution in [1.82, 2.24) is 15.4 Å². The Bertz CT molecular complexity index is 744. The molecular formula is C16H17N3O3S. The number of rotatable bonds is 5. The highest BCUT2D eigenvalue weighted by atomic mass is 32.2. The lowest BCUT2D eigenvalue weighted by molar-refractivity contribution is 0.334. The molecule has 0 unspecified atom stereocenters. The Morgan fingerprint density at radius 3 is 2.87 bits per heavy atom. The summed E-state index contributed by atoms with van der Waals surface area (Å²) in [6, 6.07) is 5.52. The first kappa shape index (κ1) is 14.6. The van der Waals surface area contributed by atoms with E-state index in [9.17, 15) is 0 Å². The van der Waals surface area contributed by atoms with Gasteiger partial charge in [-0.2, -0.15) is 0 Å². The zero-order chi connectivity index (χ0) is 15.5. The first-order chi connectivity index (χ1) is 11.4. The molecule has 0 aromatic carbocycles. The van der Waals surface area contributed by atoms with E-state index in [0.717, 1.165) is 24.4 Å². The third-order valence-electron chi connectivity index (χ3n) is 4.04. The fourth-order valence-electron chi connectivity index (χ4n) is 2.84. The molecule has 3 heterocycles. The second kappa shape index (κ2) is 6.62. The van der Waals surface area contributed by atoms with Gasteiger partial charge >= 0.3 is 0 Å². The summed E-state index contributed by atoms with van der Waals surface area (Å²) in [7, 11) is 0. The van der Waals surface area contributed by atoms with E-state index < -0.39 is 0 Å². The van der Waals surface area contributed by atoms with Gasteiger partial charge in [-0.25, -0.2) is 0 Å². The molecule has 1 aliphatic rings. The summed E-state index contributed by atoms with van der Waals surface area (Å²) in [6.45, 7) is 0. The summed E-state index contributed by atoms with van der Waals surface area (Å²) in [4.78, 5) is 0. The minimum absolute atomic E-state index is 0.434. The Labute approximate surface area is 137 Å². The Balaban J connectivity index is 1.37.